The van der Waals surface area contributed by atoms with E-state index in [1.54, 1.807) is 0 Å². The van der Waals surface area contributed by atoms with Crippen LogP contribution in [0.5, 0.6) is 11.5 Å². The van der Waals surface area contributed by atoms with Crippen molar-refractivity contribution in [3.8, 4) is 22.8 Å². The number of nitrogens with two attached hydrogens (primary N) is 1. The van der Waals surface area contributed by atoms with Crippen LogP contribution in [-0.4, -0.2) is 34.1 Å². The van der Waals surface area contributed by atoms with Crippen molar-refractivity contribution in [1.82, 2.24) is 20.5 Å². The molecule has 2 aliphatic rings. The summed E-state index contributed by atoms with van der Waals surface area (Å²) in [6, 6.07) is 11.7. The Hall–Kier alpha value is -2.88. The van der Waals surface area contributed by atoms with E-state index in [4.69, 9.17) is 43.1 Å². The second-order valence-corrected chi connectivity index (χ2v) is 9.52. The molecule has 4 aromatic rings. The van der Waals surface area contributed by atoms with Gasteiger partial charge in [-0.25, -0.2) is 0 Å². The highest BCUT2D eigenvalue weighted by molar-refractivity contribution is 6.35. The van der Waals surface area contributed by atoms with Crippen molar-refractivity contribution in [1.29, 1.82) is 0 Å². The van der Waals surface area contributed by atoms with Gasteiger partial charge in [-0.1, -0.05) is 23.2 Å². The second-order valence-electron chi connectivity index (χ2n) is 8.71. The van der Waals surface area contributed by atoms with E-state index in [2.05, 4.69) is 26.6 Å². The number of pyridine rings is 1. The first kappa shape index (κ1) is 22.6. The lowest BCUT2D eigenvalue weighted by atomic mass is 10.0. The zero-order valence-corrected chi connectivity index (χ0v) is 20.2. The minimum Gasteiger partial charge on any atom is -0.471 e. The Bertz CT molecular complexity index is 1380. The first-order chi connectivity index (χ1) is 17.0. The summed E-state index contributed by atoms with van der Waals surface area (Å²) < 4.78 is 18.4. The summed E-state index contributed by atoms with van der Waals surface area (Å²) in [6.45, 7) is 2.28. The molecule has 10 heteroatoms. The maximum absolute atomic E-state index is 6.29. The zero-order valence-electron chi connectivity index (χ0n) is 18.7. The minimum absolute atomic E-state index is 0.347. The number of halogens is 2. The summed E-state index contributed by atoms with van der Waals surface area (Å²) in [5, 5.41) is 12.6. The van der Waals surface area contributed by atoms with Crippen molar-refractivity contribution in [2.45, 2.75) is 31.5 Å². The van der Waals surface area contributed by atoms with Crippen molar-refractivity contribution < 1.29 is 14.2 Å². The number of ether oxygens (including phenoxy) is 3. The van der Waals surface area contributed by atoms with Gasteiger partial charge in [0.1, 0.15) is 17.2 Å². The second kappa shape index (κ2) is 8.96. The molecule has 0 saturated carbocycles. The molecule has 0 bridgehead atoms. The van der Waals surface area contributed by atoms with Gasteiger partial charge in [0, 0.05) is 60.4 Å². The number of hydrogen-bond donors (Lipinski definition) is 3. The van der Waals surface area contributed by atoms with Gasteiger partial charge in [-0.2, -0.15) is 5.10 Å². The van der Waals surface area contributed by atoms with Crippen LogP contribution >= 0.6 is 23.2 Å². The van der Waals surface area contributed by atoms with E-state index in [-0.39, 0.29) is 0 Å². The lowest BCUT2D eigenvalue weighted by molar-refractivity contribution is -0.218. The van der Waals surface area contributed by atoms with E-state index in [0.717, 1.165) is 59.4 Å². The molecule has 4 N–H and O–H groups in total. The molecular weight excluding hydrogens is 489 g/mol. The summed E-state index contributed by atoms with van der Waals surface area (Å²) >= 11 is 12.5. The third-order valence-corrected chi connectivity index (χ3v) is 7.06. The number of rotatable bonds is 4. The predicted molar refractivity (Wildman–Crippen MR) is 134 cm³/mol. The lowest BCUT2D eigenvalue weighted by Gasteiger charge is -2.41. The van der Waals surface area contributed by atoms with Crippen LogP contribution in [-0.2, 0) is 11.3 Å². The van der Waals surface area contributed by atoms with E-state index < -0.39 is 12.0 Å². The van der Waals surface area contributed by atoms with Crippen molar-refractivity contribution >= 4 is 34.1 Å². The molecule has 6 rings (SSSR count). The Morgan fingerprint density at radius 3 is 2.66 bits per heavy atom. The predicted octanol–water partition coefficient (Wildman–Crippen LogP) is 4.96. The molecule has 1 atom stereocenters. The molecule has 2 aromatic carbocycles. The number of H-pyrrole nitrogens is 1. The van der Waals surface area contributed by atoms with E-state index in [1.807, 2.05) is 30.3 Å². The normalized spacial score (nSPS) is 17.7. The third-order valence-electron chi connectivity index (χ3n) is 6.46. The Labute approximate surface area is 211 Å². The van der Waals surface area contributed by atoms with Crippen LogP contribution < -0.4 is 20.5 Å². The molecule has 0 amide bonds. The van der Waals surface area contributed by atoms with Gasteiger partial charge in [0.2, 0.25) is 5.79 Å². The number of hydrogen-bond acceptors (Lipinski definition) is 7. The van der Waals surface area contributed by atoms with Crippen LogP contribution in [0.3, 0.4) is 0 Å². The van der Waals surface area contributed by atoms with Gasteiger partial charge in [-0.15, -0.1) is 0 Å². The van der Waals surface area contributed by atoms with Crippen molar-refractivity contribution in [3.63, 3.8) is 0 Å². The Morgan fingerprint density at radius 1 is 1.06 bits per heavy atom. The van der Waals surface area contributed by atoms with Crippen LogP contribution in [0, 0.1) is 0 Å². The van der Waals surface area contributed by atoms with Gasteiger partial charge in [0.25, 0.3) is 0 Å². The van der Waals surface area contributed by atoms with E-state index >= 15 is 0 Å². The quantitative estimate of drug-likeness (QED) is 0.332. The van der Waals surface area contributed by atoms with Crippen LogP contribution in [0.2, 0.25) is 10.0 Å². The SMILES string of the molecule is N[C@@H](Oc1ccc2[nH]nc(-c3ccc4c(c3)COC3(CCNCC3)O4)c2c1)c1c(Cl)cncc1Cl. The molecular formula is C25H23Cl2N5O3. The van der Waals surface area contributed by atoms with Crippen LogP contribution in [0.25, 0.3) is 22.2 Å². The van der Waals surface area contributed by atoms with Crippen LogP contribution in [0.4, 0.5) is 0 Å². The molecule has 1 spiro atoms. The number of fused-ring (bicyclic) bond motifs is 2. The molecule has 2 aliphatic heterocycles. The molecule has 180 valence electrons. The third kappa shape index (κ3) is 4.22. The van der Waals surface area contributed by atoms with Crippen LogP contribution in [0.15, 0.2) is 48.8 Å². The molecule has 0 radical (unpaired) electrons. The minimum atomic E-state index is -0.855. The molecule has 4 heterocycles. The number of piperidine rings is 1. The Kier molecular flexibility index (Phi) is 5.78. The fourth-order valence-corrected chi connectivity index (χ4v) is 5.20. The van der Waals surface area contributed by atoms with E-state index in [0.29, 0.717) is 28.0 Å². The number of aromatic nitrogens is 3. The van der Waals surface area contributed by atoms with Crippen LogP contribution in [0.1, 0.15) is 30.2 Å². The molecule has 0 unspecified atom stereocenters. The number of benzene rings is 2. The summed E-state index contributed by atoms with van der Waals surface area (Å²) in [6.07, 6.45) is 3.78. The highest BCUT2D eigenvalue weighted by atomic mass is 35.5. The van der Waals surface area contributed by atoms with Gasteiger partial charge in [-0.05, 0) is 36.4 Å². The topological polar surface area (TPSA) is 107 Å². The number of nitrogens with one attached hydrogen (secondary N) is 2. The van der Waals surface area contributed by atoms with Gasteiger partial charge in [0.05, 0.1) is 22.2 Å². The summed E-state index contributed by atoms with van der Waals surface area (Å²) in [5.74, 6) is 0.904. The van der Waals surface area contributed by atoms with Gasteiger partial charge in [0.15, 0.2) is 6.23 Å². The standard InChI is InChI=1S/C25H23Cl2N5O3/c26-18-11-30-12-19(27)22(18)24(28)34-16-2-3-20-17(10-16)23(32-31-20)14-1-4-21-15(9-14)13-33-25(35-21)5-7-29-8-6-25/h1-4,9-12,24,29H,5-8,13,28H2,(H,31,32)/t24-/m0/s1. The zero-order chi connectivity index (χ0) is 24.0. The lowest BCUT2D eigenvalue weighted by Crippen LogP contribution is -2.49. The summed E-state index contributed by atoms with van der Waals surface area (Å²) in [5.41, 5.74) is 10.4. The largest absolute Gasteiger partial charge is 0.471 e. The molecule has 2 aromatic heterocycles. The van der Waals surface area contributed by atoms with Crippen molar-refractivity contribution in [2.24, 2.45) is 5.73 Å². The van der Waals surface area contributed by atoms with Gasteiger partial charge < -0.3 is 19.5 Å². The van der Waals surface area contributed by atoms with Gasteiger partial charge >= 0.3 is 0 Å². The number of aromatic amines is 1. The van der Waals surface area contributed by atoms with Crippen molar-refractivity contribution in [3.05, 3.63) is 70.0 Å². The monoisotopic (exact) mass is 511 g/mol. The average Bonchev–Trinajstić information content (AvgIpc) is 3.27. The maximum Gasteiger partial charge on any atom is 0.213 e. The molecule has 1 fully saturated rings. The summed E-state index contributed by atoms with van der Waals surface area (Å²) in [7, 11) is 0. The molecule has 0 aliphatic carbocycles. The Morgan fingerprint density at radius 2 is 1.86 bits per heavy atom. The fraction of sp³-hybridized carbons (Fsp3) is 0.280. The first-order valence-corrected chi connectivity index (χ1v) is 12.1. The molecule has 8 nitrogen and oxygen atoms in total. The first-order valence-electron chi connectivity index (χ1n) is 11.4. The highest BCUT2D eigenvalue weighted by Gasteiger charge is 2.39. The smallest absolute Gasteiger partial charge is 0.213 e. The number of nitrogens with zero attached hydrogens (tertiary/aromatic N) is 2. The Balaban J connectivity index is 1.29. The highest BCUT2D eigenvalue weighted by Crippen LogP contribution is 2.39. The van der Waals surface area contributed by atoms with E-state index in [9.17, 15) is 0 Å². The van der Waals surface area contributed by atoms with Crippen molar-refractivity contribution in [2.75, 3.05) is 13.1 Å². The maximum atomic E-state index is 6.29. The van der Waals surface area contributed by atoms with E-state index in [1.165, 1.54) is 12.4 Å². The average molecular weight is 512 g/mol. The van der Waals surface area contributed by atoms with Gasteiger partial charge in [-0.3, -0.25) is 15.8 Å². The molecule has 35 heavy (non-hydrogen) atoms. The summed E-state index contributed by atoms with van der Waals surface area (Å²) in [4.78, 5) is 3.96. The fourth-order valence-electron chi connectivity index (χ4n) is 4.62. The molecule has 1 saturated heterocycles.